The van der Waals surface area contributed by atoms with Crippen LogP contribution in [0.1, 0.15) is 59.4 Å². The number of likely N-dealkylation sites (tertiary alicyclic amines) is 1. The maximum absolute atomic E-state index is 12.8. The van der Waals surface area contributed by atoms with Gasteiger partial charge in [-0.2, -0.15) is 0 Å². The number of H-pyrrole nitrogens is 1. The molecule has 0 radical (unpaired) electrons. The van der Waals surface area contributed by atoms with E-state index in [2.05, 4.69) is 15.6 Å². The van der Waals surface area contributed by atoms with Crippen molar-refractivity contribution >= 4 is 23.8 Å². The number of aryl methyl sites for hydroxylation is 1. The molecule has 2 aliphatic heterocycles. The lowest BCUT2D eigenvalue weighted by molar-refractivity contribution is -0.133. The van der Waals surface area contributed by atoms with Gasteiger partial charge in [0, 0.05) is 43.0 Å². The third-order valence-electron chi connectivity index (χ3n) is 6.32. The minimum atomic E-state index is -0.130. The van der Waals surface area contributed by atoms with Crippen LogP contribution in [0, 0.1) is 13.8 Å². The van der Waals surface area contributed by atoms with Gasteiger partial charge in [0.2, 0.25) is 5.91 Å². The van der Waals surface area contributed by atoms with Crippen LogP contribution in [0.3, 0.4) is 0 Å². The number of amides is 3. The first kappa shape index (κ1) is 21.2. The van der Waals surface area contributed by atoms with Gasteiger partial charge in [-0.1, -0.05) is 18.2 Å². The van der Waals surface area contributed by atoms with Crippen molar-refractivity contribution < 1.29 is 14.4 Å². The minimum Gasteiger partial charge on any atom is -0.358 e. The largest absolute Gasteiger partial charge is 0.358 e. The number of hydrogen-bond donors (Lipinski definition) is 3. The Morgan fingerprint density at radius 2 is 2.13 bits per heavy atom. The summed E-state index contributed by atoms with van der Waals surface area (Å²) in [4.78, 5) is 42.3. The first-order valence-corrected chi connectivity index (χ1v) is 11.1. The molecule has 1 aliphatic carbocycles. The average Bonchev–Trinajstić information content (AvgIpc) is 3.22. The van der Waals surface area contributed by atoms with Crippen molar-refractivity contribution in [1.29, 1.82) is 0 Å². The minimum absolute atomic E-state index is 0.0367. The highest BCUT2D eigenvalue weighted by Crippen LogP contribution is 2.30. The van der Waals surface area contributed by atoms with Crippen molar-refractivity contribution in [2.75, 3.05) is 19.6 Å². The molecule has 0 aromatic carbocycles. The van der Waals surface area contributed by atoms with E-state index in [9.17, 15) is 14.4 Å². The second-order valence-electron chi connectivity index (χ2n) is 8.48. The molecule has 7 heteroatoms. The number of fused-ring (bicyclic) bond motifs is 1. The number of carbonyl (C=O) groups is 3. The maximum atomic E-state index is 12.8. The van der Waals surface area contributed by atoms with Gasteiger partial charge in [0.25, 0.3) is 11.8 Å². The maximum Gasteiger partial charge on any atom is 0.253 e. The summed E-state index contributed by atoms with van der Waals surface area (Å²) in [5.74, 6) is 0.00800. The molecular weight excluding hydrogens is 392 g/mol. The van der Waals surface area contributed by atoms with Gasteiger partial charge < -0.3 is 20.5 Å². The van der Waals surface area contributed by atoms with Crippen molar-refractivity contribution in [2.45, 2.75) is 52.0 Å². The molecule has 3 amide bonds. The Labute approximate surface area is 182 Å². The molecule has 1 aromatic rings. The molecule has 1 atom stereocenters. The zero-order chi connectivity index (χ0) is 22.0. The topological polar surface area (TPSA) is 94.3 Å². The van der Waals surface area contributed by atoms with E-state index < -0.39 is 0 Å². The van der Waals surface area contributed by atoms with E-state index in [1.165, 1.54) is 0 Å². The third kappa shape index (κ3) is 4.36. The molecule has 4 rings (SSSR count). The van der Waals surface area contributed by atoms with Crippen molar-refractivity contribution in [3.63, 3.8) is 0 Å². The van der Waals surface area contributed by atoms with Crippen LogP contribution < -0.4 is 10.6 Å². The van der Waals surface area contributed by atoms with Crippen LogP contribution in [0.2, 0.25) is 0 Å². The second kappa shape index (κ2) is 8.96. The highest BCUT2D eigenvalue weighted by Gasteiger charge is 2.32. The van der Waals surface area contributed by atoms with Crippen LogP contribution in [-0.2, 0) is 9.59 Å². The van der Waals surface area contributed by atoms with Crippen LogP contribution in [-0.4, -0.2) is 53.3 Å². The first-order chi connectivity index (χ1) is 15.0. The van der Waals surface area contributed by atoms with E-state index in [1.807, 2.05) is 43.1 Å². The summed E-state index contributed by atoms with van der Waals surface area (Å²) in [5.41, 5.74) is 4.66. The lowest BCUT2D eigenvalue weighted by Crippen LogP contribution is -2.37. The number of aromatic amines is 1. The van der Waals surface area contributed by atoms with E-state index in [0.717, 1.165) is 54.8 Å². The molecule has 2 fully saturated rings. The number of rotatable bonds is 6. The quantitative estimate of drug-likeness (QED) is 0.486. The smallest absolute Gasteiger partial charge is 0.253 e. The van der Waals surface area contributed by atoms with Crippen molar-refractivity contribution in [3.05, 3.63) is 51.9 Å². The summed E-state index contributed by atoms with van der Waals surface area (Å²) < 4.78 is 0. The molecule has 1 unspecified atom stereocenters. The van der Waals surface area contributed by atoms with Crippen molar-refractivity contribution in [2.24, 2.45) is 0 Å². The molecule has 1 aromatic heterocycles. The Balaban J connectivity index is 1.41. The van der Waals surface area contributed by atoms with Crippen LogP contribution >= 0.6 is 0 Å². The van der Waals surface area contributed by atoms with E-state index in [0.29, 0.717) is 30.6 Å². The van der Waals surface area contributed by atoms with Gasteiger partial charge in [-0.15, -0.1) is 0 Å². The van der Waals surface area contributed by atoms with Gasteiger partial charge in [0.1, 0.15) is 0 Å². The molecule has 3 heterocycles. The number of aromatic nitrogens is 1. The summed E-state index contributed by atoms with van der Waals surface area (Å²) in [6.45, 7) is 5.79. The third-order valence-corrected chi connectivity index (χ3v) is 6.32. The van der Waals surface area contributed by atoms with E-state index >= 15 is 0 Å². The first-order valence-electron chi connectivity index (χ1n) is 11.1. The summed E-state index contributed by atoms with van der Waals surface area (Å²) in [7, 11) is 0. The fourth-order valence-electron chi connectivity index (χ4n) is 4.62. The van der Waals surface area contributed by atoms with Gasteiger partial charge in [0.05, 0.1) is 11.6 Å². The Hall–Kier alpha value is -3.09. The van der Waals surface area contributed by atoms with Crippen molar-refractivity contribution in [1.82, 2.24) is 20.5 Å². The molecule has 164 valence electrons. The summed E-state index contributed by atoms with van der Waals surface area (Å²) in [5, 5.41) is 5.98. The Morgan fingerprint density at radius 3 is 2.94 bits per heavy atom. The average molecular weight is 423 g/mol. The highest BCUT2D eigenvalue weighted by atomic mass is 16.2. The lowest BCUT2D eigenvalue weighted by atomic mass is 9.95. The van der Waals surface area contributed by atoms with Crippen LogP contribution in [0.15, 0.2) is 29.4 Å². The monoisotopic (exact) mass is 422 g/mol. The number of carbonyl (C=O) groups excluding carboxylic acids is 3. The Kier molecular flexibility index (Phi) is 6.11. The van der Waals surface area contributed by atoms with Gasteiger partial charge in [-0.3, -0.25) is 14.4 Å². The number of nitrogens with one attached hydrogen (secondary N) is 3. The summed E-state index contributed by atoms with van der Waals surface area (Å²) in [6, 6.07) is 0.0367. The van der Waals surface area contributed by atoms with Crippen LogP contribution in [0.5, 0.6) is 0 Å². The van der Waals surface area contributed by atoms with Gasteiger partial charge in [-0.05, 0) is 56.7 Å². The molecule has 0 bridgehead atoms. The molecule has 2 saturated heterocycles. The Bertz CT molecular complexity index is 999. The molecule has 3 aliphatic rings. The zero-order valence-corrected chi connectivity index (χ0v) is 18.2. The van der Waals surface area contributed by atoms with Crippen LogP contribution in [0.4, 0.5) is 0 Å². The second-order valence-corrected chi connectivity index (χ2v) is 8.48. The Morgan fingerprint density at radius 1 is 1.29 bits per heavy atom. The number of hydrogen-bond acceptors (Lipinski definition) is 3. The predicted octanol–water partition coefficient (Wildman–Crippen LogP) is 2.53. The lowest BCUT2D eigenvalue weighted by Gasteiger charge is -2.26. The number of piperidine rings is 1. The standard InChI is InChI=1S/C24H30N4O3/c1-15-20(14-18-17-8-3-4-9-19(17)27-23(18)30)26-16(2)22(15)24(31)25-11-7-13-28-12-6-5-10-21(28)29/h3-4,8,14,19,26H,5-7,9-13H2,1-2H3,(H,25,31)(H,27,30)/b18-14-. The fourth-order valence-corrected chi connectivity index (χ4v) is 4.62. The molecule has 3 N–H and O–H groups in total. The van der Waals surface area contributed by atoms with Gasteiger partial charge >= 0.3 is 0 Å². The van der Waals surface area contributed by atoms with Gasteiger partial charge in [-0.25, -0.2) is 0 Å². The molecular formula is C24H30N4O3. The highest BCUT2D eigenvalue weighted by molar-refractivity contribution is 6.07. The normalized spacial score (nSPS) is 21.9. The number of nitrogens with zero attached hydrogens (tertiary/aromatic N) is 1. The summed E-state index contributed by atoms with van der Waals surface area (Å²) in [6.07, 6.45) is 12.1. The molecule has 0 saturated carbocycles. The van der Waals surface area contributed by atoms with Crippen molar-refractivity contribution in [3.8, 4) is 0 Å². The SMILES string of the molecule is Cc1[nH]c(/C=C2\C(=O)NC3CC=CC=C23)c(C)c1C(=O)NCCCN1CCCCC1=O. The molecule has 7 nitrogen and oxygen atoms in total. The van der Waals surface area contributed by atoms with E-state index in [4.69, 9.17) is 0 Å². The predicted molar refractivity (Wildman–Crippen MR) is 119 cm³/mol. The molecule has 0 spiro atoms. The van der Waals surface area contributed by atoms with E-state index in [1.54, 1.807) is 0 Å². The van der Waals surface area contributed by atoms with Crippen LogP contribution in [0.25, 0.3) is 6.08 Å². The fraction of sp³-hybridized carbons (Fsp3) is 0.458. The number of allylic oxidation sites excluding steroid dienone is 2. The van der Waals surface area contributed by atoms with E-state index in [-0.39, 0.29) is 23.8 Å². The van der Waals surface area contributed by atoms with Gasteiger partial charge in [0.15, 0.2) is 0 Å². The molecule has 31 heavy (non-hydrogen) atoms. The summed E-state index contributed by atoms with van der Waals surface area (Å²) >= 11 is 0. The zero-order valence-electron chi connectivity index (χ0n) is 18.2.